The number of nitrogens with one attached hydrogen (secondary N) is 1. The van der Waals surface area contributed by atoms with E-state index in [0.717, 1.165) is 17.5 Å². The average molecular weight is 493 g/mol. The van der Waals surface area contributed by atoms with Gasteiger partial charge in [0.25, 0.3) is 5.69 Å². The highest BCUT2D eigenvalue weighted by atomic mass is 32.2. The quantitative estimate of drug-likeness (QED) is 0.0619. The number of hydrogen-bond acceptors (Lipinski definition) is 8. The number of benzene rings is 2. The van der Waals surface area contributed by atoms with Crippen LogP contribution in [-0.2, 0) is 16.0 Å². The van der Waals surface area contributed by atoms with Gasteiger partial charge in [0.2, 0.25) is 0 Å². The van der Waals surface area contributed by atoms with Crippen molar-refractivity contribution in [2.75, 3.05) is 6.54 Å². The summed E-state index contributed by atoms with van der Waals surface area (Å²) < 4.78 is 2.79. The predicted molar refractivity (Wildman–Crippen MR) is 129 cm³/mol. The van der Waals surface area contributed by atoms with Crippen molar-refractivity contribution in [3.05, 3.63) is 70.3 Å². The third-order valence-electron chi connectivity index (χ3n) is 4.24. The van der Waals surface area contributed by atoms with Gasteiger partial charge in [-0.25, -0.2) is 4.72 Å². The molecule has 2 atom stereocenters. The number of guanidine groups is 1. The monoisotopic (exact) mass is 492 g/mol. The number of aliphatic imine (C=N–C) groups is 1. The van der Waals surface area contributed by atoms with E-state index in [9.17, 15) is 24.8 Å². The van der Waals surface area contributed by atoms with Crippen LogP contribution in [0.25, 0.3) is 0 Å². The maximum absolute atomic E-state index is 11.3. The Bertz CT molecular complexity index is 971. The Morgan fingerprint density at radius 1 is 1.06 bits per heavy atom. The summed E-state index contributed by atoms with van der Waals surface area (Å²) in [5.41, 5.74) is 16.1. The number of para-hydroxylation sites is 1. The van der Waals surface area contributed by atoms with Gasteiger partial charge in [-0.3, -0.25) is 24.7 Å². The molecular weight excluding hydrogens is 464 g/mol. The molecule has 13 heteroatoms. The summed E-state index contributed by atoms with van der Waals surface area (Å²) in [5, 5.41) is 28.6. The van der Waals surface area contributed by atoms with Gasteiger partial charge in [-0.2, -0.15) is 0 Å². The van der Waals surface area contributed by atoms with Gasteiger partial charge < -0.3 is 27.4 Å². The zero-order valence-electron chi connectivity index (χ0n) is 18.2. The van der Waals surface area contributed by atoms with E-state index >= 15 is 0 Å². The molecule has 184 valence electrons. The highest BCUT2D eigenvalue weighted by molar-refractivity contribution is 7.97. The second-order valence-corrected chi connectivity index (χ2v) is 7.80. The molecule has 34 heavy (non-hydrogen) atoms. The first-order valence-electron chi connectivity index (χ1n) is 10.1. The number of hydrogen-bond donors (Lipinski definition) is 6. The molecule has 0 aliphatic heterocycles. The maximum atomic E-state index is 11.3. The van der Waals surface area contributed by atoms with Gasteiger partial charge in [-0.15, -0.1) is 0 Å². The molecular formula is C21H28N6O6S. The Kier molecular flexibility index (Phi) is 12.7. The van der Waals surface area contributed by atoms with Crippen LogP contribution in [0.15, 0.2) is 64.5 Å². The van der Waals surface area contributed by atoms with Crippen molar-refractivity contribution in [2.45, 2.75) is 36.2 Å². The number of nitro groups is 1. The largest absolute Gasteiger partial charge is 0.480 e. The van der Waals surface area contributed by atoms with Crippen molar-refractivity contribution in [1.29, 1.82) is 0 Å². The summed E-state index contributed by atoms with van der Waals surface area (Å²) in [6.07, 6.45) is 1.25. The fourth-order valence-electron chi connectivity index (χ4n) is 2.50. The molecule has 2 unspecified atom stereocenters. The van der Waals surface area contributed by atoms with Crippen LogP contribution in [0.4, 0.5) is 5.69 Å². The van der Waals surface area contributed by atoms with Crippen LogP contribution < -0.4 is 21.9 Å². The Balaban J connectivity index is 0.000000411. The molecule has 0 heterocycles. The molecule has 9 N–H and O–H groups in total. The van der Waals surface area contributed by atoms with Crippen LogP contribution in [0.5, 0.6) is 0 Å². The topological polar surface area (TPSA) is 220 Å². The van der Waals surface area contributed by atoms with E-state index in [4.69, 9.17) is 22.3 Å². The van der Waals surface area contributed by atoms with Crippen LogP contribution in [0.2, 0.25) is 0 Å². The van der Waals surface area contributed by atoms with Gasteiger partial charge in [-0.05, 0) is 42.8 Å². The molecule has 2 aromatic rings. The molecule has 0 saturated carbocycles. The standard InChI is InChI=1S/C15H14N2O4S.C6H14N4O2/c18-15(19)12(10-11-6-2-1-3-7-11)16-22-14-9-5-4-8-13(14)17(20)21;7-4(5(11)12)2-1-3-10-6(8)9/h1-9,12,16H,10H2,(H,18,19);4H,1-3,7H2,(H,11,12)(H4,8,9,10). The molecule has 0 radical (unpaired) electrons. The van der Waals surface area contributed by atoms with Crippen molar-refractivity contribution in [3.8, 4) is 0 Å². The molecule has 12 nitrogen and oxygen atoms in total. The van der Waals surface area contributed by atoms with Crippen LogP contribution in [0.3, 0.4) is 0 Å². The number of aliphatic carboxylic acids is 2. The lowest BCUT2D eigenvalue weighted by Gasteiger charge is -2.13. The van der Waals surface area contributed by atoms with Gasteiger partial charge in [0, 0.05) is 12.6 Å². The minimum absolute atomic E-state index is 0.0129. The number of rotatable bonds is 12. The Hall–Kier alpha value is -3.68. The molecule has 0 bridgehead atoms. The fourth-order valence-corrected chi connectivity index (χ4v) is 3.35. The SMILES string of the molecule is NC(N)=NCCCC(N)C(=O)O.O=C(O)C(Cc1ccccc1)NSc1ccccc1[N+](=O)[O-]. The lowest BCUT2D eigenvalue weighted by atomic mass is 10.1. The zero-order valence-corrected chi connectivity index (χ0v) is 19.1. The number of carbonyl (C=O) groups is 2. The summed E-state index contributed by atoms with van der Waals surface area (Å²) in [6.45, 7) is 0.420. The summed E-state index contributed by atoms with van der Waals surface area (Å²) >= 11 is 0.959. The van der Waals surface area contributed by atoms with Crippen LogP contribution in [-0.4, -0.2) is 51.7 Å². The first-order chi connectivity index (χ1) is 16.1. The van der Waals surface area contributed by atoms with Crippen molar-refractivity contribution >= 4 is 35.5 Å². The fraction of sp³-hybridized carbons (Fsp3) is 0.286. The van der Waals surface area contributed by atoms with Crippen molar-refractivity contribution in [2.24, 2.45) is 22.2 Å². The van der Waals surface area contributed by atoms with E-state index in [2.05, 4.69) is 9.71 Å². The number of nitro benzene ring substituents is 1. The average Bonchev–Trinajstić information content (AvgIpc) is 2.80. The van der Waals surface area contributed by atoms with Gasteiger partial charge >= 0.3 is 11.9 Å². The zero-order chi connectivity index (χ0) is 25.5. The minimum atomic E-state index is -1.00. The molecule has 2 aromatic carbocycles. The van der Waals surface area contributed by atoms with Gasteiger partial charge in [0.15, 0.2) is 5.96 Å². The third-order valence-corrected chi connectivity index (χ3v) is 5.21. The molecule has 0 spiro atoms. The molecule has 0 aliphatic rings. The Morgan fingerprint density at radius 2 is 1.68 bits per heavy atom. The molecule has 0 aromatic heterocycles. The summed E-state index contributed by atoms with van der Waals surface area (Å²) in [5.74, 6) is -1.99. The van der Waals surface area contributed by atoms with Crippen LogP contribution in [0.1, 0.15) is 18.4 Å². The predicted octanol–water partition coefficient (Wildman–Crippen LogP) is 1.34. The lowest BCUT2D eigenvalue weighted by molar-refractivity contribution is -0.387. The van der Waals surface area contributed by atoms with Crippen LogP contribution >= 0.6 is 11.9 Å². The third kappa shape index (κ3) is 11.3. The van der Waals surface area contributed by atoms with Gasteiger partial charge in [-0.1, -0.05) is 42.5 Å². The number of nitrogens with two attached hydrogens (primary N) is 3. The number of carboxylic acids is 2. The van der Waals surface area contributed by atoms with E-state index < -0.39 is 28.9 Å². The highest BCUT2D eigenvalue weighted by Crippen LogP contribution is 2.27. The highest BCUT2D eigenvalue weighted by Gasteiger charge is 2.20. The Morgan fingerprint density at radius 3 is 2.24 bits per heavy atom. The molecule has 0 aliphatic carbocycles. The van der Waals surface area contributed by atoms with E-state index in [1.807, 2.05) is 30.3 Å². The molecule has 2 rings (SSSR count). The summed E-state index contributed by atoms with van der Waals surface area (Å²) in [6, 6.07) is 13.8. The van der Waals surface area contributed by atoms with Gasteiger partial charge in [0.1, 0.15) is 17.0 Å². The Labute approximate surface area is 200 Å². The van der Waals surface area contributed by atoms with E-state index in [-0.39, 0.29) is 11.6 Å². The first-order valence-corrected chi connectivity index (χ1v) is 10.9. The van der Waals surface area contributed by atoms with Gasteiger partial charge in [0.05, 0.1) is 4.92 Å². The van der Waals surface area contributed by atoms with Crippen LogP contribution in [0, 0.1) is 10.1 Å². The van der Waals surface area contributed by atoms with Crippen molar-refractivity contribution < 1.29 is 24.7 Å². The maximum Gasteiger partial charge on any atom is 0.321 e. The molecule has 0 amide bonds. The summed E-state index contributed by atoms with van der Waals surface area (Å²) in [4.78, 5) is 36.1. The molecule has 0 saturated heterocycles. The molecule has 0 fully saturated rings. The van der Waals surface area contributed by atoms with E-state index in [0.29, 0.717) is 30.7 Å². The second kappa shape index (κ2) is 15.2. The first kappa shape index (κ1) is 28.4. The van der Waals surface area contributed by atoms with Crippen molar-refractivity contribution in [1.82, 2.24) is 4.72 Å². The lowest BCUT2D eigenvalue weighted by Crippen LogP contribution is -2.34. The summed E-state index contributed by atoms with van der Waals surface area (Å²) in [7, 11) is 0. The normalized spacial score (nSPS) is 11.9. The van der Waals surface area contributed by atoms with E-state index in [1.165, 1.54) is 6.07 Å². The smallest absolute Gasteiger partial charge is 0.321 e. The minimum Gasteiger partial charge on any atom is -0.480 e. The number of nitrogens with zero attached hydrogens (tertiary/aromatic N) is 2. The van der Waals surface area contributed by atoms with Crippen molar-refractivity contribution in [3.63, 3.8) is 0 Å². The number of carboxylic acid groups (broad SMARTS) is 2. The second-order valence-electron chi connectivity index (χ2n) is 6.92. The van der Waals surface area contributed by atoms with E-state index in [1.54, 1.807) is 18.2 Å².